The van der Waals surface area contributed by atoms with Gasteiger partial charge in [0.2, 0.25) is 0 Å². The molecule has 3 aromatic carbocycles. The summed E-state index contributed by atoms with van der Waals surface area (Å²) in [5.41, 5.74) is 5.53. The van der Waals surface area contributed by atoms with Crippen molar-refractivity contribution in [1.82, 2.24) is 0 Å². The van der Waals surface area contributed by atoms with Gasteiger partial charge < -0.3 is 15.0 Å². The molecular weight excluding hydrogens is 414 g/mol. The van der Waals surface area contributed by atoms with E-state index in [1.54, 1.807) is 31.4 Å². The second-order valence-electron chi connectivity index (χ2n) is 8.34. The lowest BCUT2D eigenvalue weighted by Gasteiger charge is -2.17. The van der Waals surface area contributed by atoms with Crippen LogP contribution >= 0.6 is 0 Å². The number of carbonyl (C=O) groups excluding carboxylic acids is 2. The molecule has 0 atom stereocenters. The van der Waals surface area contributed by atoms with Crippen molar-refractivity contribution in [2.75, 3.05) is 36.3 Å². The molecule has 0 spiro atoms. The quantitative estimate of drug-likeness (QED) is 0.558. The third kappa shape index (κ3) is 4.32. The topological polar surface area (TPSA) is 61.9 Å². The molecule has 33 heavy (non-hydrogen) atoms. The smallest absolute Gasteiger partial charge is 0.282 e. The highest BCUT2D eigenvalue weighted by atomic mass is 16.5. The summed E-state index contributed by atoms with van der Waals surface area (Å²) in [5, 5.41) is 3.21. The van der Waals surface area contributed by atoms with Gasteiger partial charge in [-0.05, 0) is 79.1 Å². The first-order valence-corrected chi connectivity index (χ1v) is 10.7. The zero-order chi connectivity index (χ0) is 23.7. The largest absolute Gasteiger partial charge is 0.497 e. The van der Waals surface area contributed by atoms with Crippen LogP contribution in [-0.4, -0.2) is 33.0 Å². The van der Waals surface area contributed by atoms with Crippen LogP contribution in [0.1, 0.15) is 16.7 Å². The molecule has 3 aromatic rings. The summed E-state index contributed by atoms with van der Waals surface area (Å²) >= 11 is 0. The lowest BCUT2D eigenvalue weighted by molar-refractivity contribution is -0.120. The van der Waals surface area contributed by atoms with Gasteiger partial charge in [-0.1, -0.05) is 18.2 Å². The minimum absolute atomic E-state index is 0.252. The Morgan fingerprint density at radius 3 is 1.97 bits per heavy atom. The number of hydrogen-bond acceptors (Lipinski definition) is 5. The highest BCUT2D eigenvalue weighted by Crippen LogP contribution is 2.35. The molecule has 0 saturated heterocycles. The molecule has 0 fully saturated rings. The fourth-order valence-corrected chi connectivity index (χ4v) is 3.97. The number of rotatable bonds is 6. The van der Waals surface area contributed by atoms with Gasteiger partial charge in [-0.25, -0.2) is 4.90 Å². The van der Waals surface area contributed by atoms with Crippen LogP contribution in [0, 0.1) is 13.8 Å². The molecule has 0 radical (unpaired) electrons. The first kappa shape index (κ1) is 22.1. The Morgan fingerprint density at radius 2 is 1.42 bits per heavy atom. The molecule has 1 heterocycles. The molecule has 4 rings (SSSR count). The van der Waals surface area contributed by atoms with Crippen molar-refractivity contribution in [1.29, 1.82) is 0 Å². The summed E-state index contributed by atoms with van der Waals surface area (Å²) in [4.78, 5) is 30.4. The Kier molecular flexibility index (Phi) is 5.92. The number of aryl methyl sites for hydroxylation is 2. The predicted octanol–water partition coefficient (Wildman–Crippen LogP) is 4.77. The summed E-state index contributed by atoms with van der Waals surface area (Å²) in [6.45, 7) is 3.90. The van der Waals surface area contributed by atoms with Crippen LogP contribution in [0.25, 0.3) is 5.57 Å². The van der Waals surface area contributed by atoms with Crippen molar-refractivity contribution >= 4 is 34.4 Å². The molecular formula is C27H27N3O3. The Bertz CT molecular complexity index is 1220. The average Bonchev–Trinajstić information content (AvgIpc) is 3.02. The minimum atomic E-state index is -0.382. The minimum Gasteiger partial charge on any atom is -0.497 e. The van der Waals surface area contributed by atoms with Gasteiger partial charge in [-0.15, -0.1) is 0 Å². The molecule has 0 aromatic heterocycles. The van der Waals surface area contributed by atoms with E-state index in [0.29, 0.717) is 22.6 Å². The summed E-state index contributed by atoms with van der Waals surface area (Å²) in [6.07, 6.45) is 0. The molecule has 0 bridgehead atoms. The molecule has 2 amide bonds. The number of anilines is 3. The third-order valence-electron chi connectivity index (χ3n) is 5.58. The lowest BCUT2D eigenvalue weighted by Crippen LogP contribution is -2.32. The molecule has 0 aliphatic carbocycles. The number of hydrogen-bond donors (Lipinski definition) is 1. The maximum Gasteiger partial charge on any atom is 0.282 e. The van der Waals surface area contributed by atoms with Crippen molar-refractivity contribution in [3.05, 3.63) is 89.1 Å². The molecule has 1 aliphatic heterocycles. The summed E-state index contributed by atoms with van der Waals surface area (Å²) in [7, 11) is 5.52. The van der Waals surface area contributed by atoms with Crippen LogP contribution in [0.4, 0.5) is 17.1 Å². The SMILES string of the molecule is COc1ccc(C2=C(Nc3ccc(N(C)C)cc3)C(=O)N(c3cc(C)cc(C)c3)C2=O)cc1. The molecule has 1 aliphatic rings. The maximum atomic E-state index is 13.6. The van der Waals surface area contributed by atoms with Gasteiger partial charge in [-0.2, -0.15) is 0 Å². The number of nitrogens with zero attached hydrogens (tertiary/aromatic N) is 2. The van der Waals surface area contributed by atoms with E-state index in [9.17, 15) is 9.59 Å². The monoisotopic (exact) mass is 441 g/mol. The number of methoxy groups -OCH3 is 1. The molecule has 0 saturated carbocycles. The Hall–Kier alpha value is -4.06. The normalized spacial score (nSPS) is 13.5. The first-order valence-electron chi connectivity index (χ1n) is 10.7. The van der Waals surface area contributed by atoms with Gasteiger partial charge in [0.15, 0.2) is 0 Å². The number of imide groups is 1. The Balaban J connectivity index is 1.79. The van der Waals surface area contributed by atoms with Crippen LogP contribution < -0.4 is 19.9 Å². The molecule has 6 nitrogen and oxygen atoms in total. The van der Waals surface area contributed by atoms with Crippen LogP contribution in [0.2, 0.25) is 0 Å². The van der Waals surface area contributed by atoms with Gasteiger partial charge in [0, 0.05) is 25.5 Å². The van der Waals surface area contributed by atoms with Crippen molar-refractivity contribution in [3.63, 3.8) is 0 Å². The first-order chi connectivity index (χ1) is 15.8. The standard InChI is InChI=1S/C27H27N3O3/c1-17-14-18(2)16-22(15-17)30-26(31)24(19-6-12-23(33-5)13-7-19)25(27(30)32)28-20-8-10-21(11-9-20)29(3)4/h6-16,28H,1-5H3. The highest BCUT2D eigenvalue weighted by Gasteiger charge is 2.40. The van der Waals surface area contributed by atoms with Crippen LogP contribution in [0.5, 0.6) is 5.75 Å². The molecule has 0 unspecified atom stereocenters. The third-order valence-corrected chi connectivity index (χ3v) is 5.58. The second-order valence-corrected chi connectivity index (χ2v) is 8.34. The summed E-state index contributed by atoms with van der Waals surface area (Å²) in [5.74, 6) is -0.0637. The van der Waals surface area contributed by atoms with E-state index in [4.69, 9.17) is 4.74 Å². The van der Waals surface area contributed by atoms with E-state index >= 15 is 0 Å². The van der Waals surface area contributed by atoms with Crippen LogP contribution in [0.15, 0.2) is 72.4 Å². The number of benzene rings is 3. The van der Waals surface area contributed by atoms with Gasteiger partial charge >= 0.3 is 0 Å². The number of nitrogens with one attached hydrogen (secondary N) is 1. The lowest BCUT2D eigenvalue weighted by atomic mass is 10.0. The fourth-order valence-electron chi connectivity index (χ4n) is 3.97. The molecule has 6 heteroatoms. The van der Waals surface area contributed by atoms with Crippen molar-refractivity contribution < 1.29 is 14.3 Å². The van der Waals surface area contributed by atoms with E-state index in [0.717, 1.165) is 22.5 Å². The fraction of sp³-hybridized carbons (Fsp3) is 0.185. The number of amides is 2. The van der Waals surface area contributed by atoms with Gasteiger partial charge in [0.25, 0.3) is 11.8 Å². The summed E-state index contributed by atoms with van der Waals surface area (Å²) in [6, 6.07) is 20.6. The maximum absolute atomic E-state index is 13.6. The van der Waals surface area contributed by atoms with Crippen molar-refractivity contribution in [2.45, 2.75) is 13.8 Å². The van der Waals surface area contributed by atoms with Gasteiger partial charge in [0.05, 0.1) is 18.4 Å². The zero-order valence-corrected chi connectivity index (χ0v) is 19.5. The van der Waals surface area contributed by atoms with Crippen molar-refractivity contribution in [2.24, 2.45) is 0 Å². The average molecular weight is 442 g/mol. The van der Waals surface area contributed by atoms with Crippen LogP contribution in [0.3, 0.4) is 0 Å². The predicted molar refractivity (Wildman–Crippen MR) is 133 cm³/mol. The zero-order valence-electron chi connectivity index (χ0n) is 19.5. The van der Waals surface area contributed by atoms with E-state index in [-0.39, 0.29) is 17.5 Å². The van der Waals surface area contributed by atoms with Crippen molar-refractivity contribution in [3.8, 4) is 5.75 Å². The summed E-state index contributed by atoms with van der Waals surface area (Å²) < 4.78 is 5.25. The highest BCUT2D eigenvalue weighted by molar-refractivity contribution is 6.46. The number of carbonyl (C=O) groups is 2. The van der Waals surface area contributed by atoms with E-state index in [1.807, 2.05) is 75.3 Å². The van der Waals surface area contributed by atoms with Gasteiger partial charge in [0.1, 0.15) is 11.4 Å². The molecule has 168 valence electrons. The van der Waals surface area contributed by atoms with Gasteiger partial charge in [-0.3, -0.25) is 9.59 Å². The Morgan fingerprint density at radius 1 is 0.818 bits per heavy atom. The Labute approximate surface area is 194 Å². The van der Waals surface area contributed by atoms with E-state index in [1.165, 1.54) is 4.90 Å². The van der Waals surface area contributed by atoms with Crippen LogP contribution in [-0.2, 0) is 9.59 Å². The second kappa shape index (κ2) is 8.82. The number of ether oxygens (including phenoxy) is 1. The molecule has 1 N–H and O–H groups in total. The van der Waals surface area contributed by atoms with E-state index < -0.39 is 0 Å². The van der Waals surface area contributed by atoms with E-state index in [2.05, 4.69) is 5.32 Å².